The fourth-order valence-electron chi connectivity index (χ4n) is 6.62. The summed E-state index contributed by atoms with van der Waals surface area (Å²) >= 11 is 0. The van der Waals surface area contributed by atoms with Gasteiger partial charge in [-0.05, 0) is 60.1 Å². The molecule has 0 spiro atoms. The number of carbonyl (C=O) groups excluding carboxylic acids is 4. The van der Waals surface area contributed by atoms with Gasteiger partial charge in [0.2, 0.25) is 5.91 Å². The van der Waals surface area contributed by atoms with E-state index in [4.69, 9.17) is 4.74 Å². The number of benzene rings is 2. The van der Waals surface area contributed by atoms with Crippen molar-refractivity contribution in [2.24, 2.45) is 11.3 Å². The molecule has 4 N–H and O–H groups in total. The van der Waals surface area contributed by atoms with Crippen LogP contribution in [0.2, 0.25) is 0 Å². The van der Waals surface area contributed by atoms with E-state index >= 15 is 0 Å². The Morgan fingerprint density at radius 3 is 2.27 bits per heavy atom. The maximum absolute atomic E-state index is 14.4. The van der Waals surface area contributed by atoms with Crippen molar-refractivity contribution >= 4 is 23.9 Å². The van der Waals surface area contributed by atoms with Crippen LogP contribution in [0.1, 0.15) is 63.6 Å². The van der Waals surface area contributed by atoms with E-state index in [2.05, 4.69) is 21.0 Å². The second kappa shape index (κ2) is 19.5. The highest BCUT2D eigenvalue weighted by molar-refractivity contribution is 5.88. The number of alkyl carbamates (subject to hydrolysis) is 1. The van der Waals surface area contributed by atoms with Crippen LogP contribution in [0.3, 0.4) is 0 Å². The Bertz CT molecular complexity index is 1740. The van der Waals surface area contributed by atoms with Crippen LogP contribution in [-0.4, -0.2) is 99.8 Å². The summed E-state index contributed by atoms with van der Waals surface area (Å²) in [5.74, 6) is -1.60. The van der Waals surface area contributed by atoms with E-state index in [-0.39, 0.29) is 31.5 Å². The third kappa shape index (κ3) is 12.2. The van der Waals surface area contributed by atoms with Crippen LogP contribution < -0.4 is 16.1 Å². The number of hydrogen-bond donors (Lipinski definition) is 4. The number of urea groups is 1. The third-order valence-electron chi connectivity index (χ3n) is 9.84. The number of nitrogens with zero attached hydrogens (tertiary/aromatic N) is 4. The van der Waals surface area contributed by atoms with Crippen molar-refractivity contribution in [2.75, 3.05) is 26.7 Å². The Labute approximate surface area is 323 Å². The second-order valence-corrected chi connectivity index (χ2v) is 15.3. The van der Waals surface area contributed by atoms with E-state index in [1.165, 1.54) is 24.3 Å². The lowest BCUT2D eigenvalue weighted by Crippen LogP contribution is -2.60. The SMILES string of the molecule is CCC(C)C(C(=O)NC(Cc1ccccc1)C(O)CN(Cc1ccc(F)cc1)NC(=O)C(NC(=O)OC)C(C)(C)C)N1CCN(Cc2cccc(C)n2)C1=O. The minimum absolute atomic E-state index is 0.0631. The number of aliphatic hydroxyl groups is 1. The topological polar surface area (TPSA) is 156 Å². The standard InChI is InChI=1S/C41H56FN7O6/c1-8-27(2)35(49-22-21-47(40(49)54)25-32-16-12-13-28(3)43-32)37(51)44-33(23-29-14-10-9-11-15-29)34(50)26-48(24-30-17-19-31(42)20-18-30)46-38(52)36(41(4,5)6)45-39(53)55-7/h9-20,27,33-36,50H,8,21-26H2,1-7H3,(H,44,51)(H,45,53)(H,46,52). The van der Waals surface area contributed by atoms with Gasteiger partial charge >= 0.3 is 12.1 Å². The number of rotatable bonds is 17. The molecule has 55 heavy (non-hydrogen) atoms. The number of amides is 5. The number of aliphatic hydroxyl groups excluding tert-OH is 1. The van der Waals surface area contributed by atoms with Crippen molar-refractivity contribution in [1.82, 2.24) is 35.9 Å². The summed E-state index contributed by atoms with van der Waals surface area (Å²) in [6, 6.07) is 17.8. The molecule has 14 heteroatoms. The summed E-state index contributed by atoms with van der Waals surface area (Å²) in [7, 11) is 1.20. The second-order valence-electron chi connectivity index (χ2n) is 15.3. The predicted octanol–water partition coefficient (Wildman–Crippen LogP) is 4.57. The fourth-order valence-corrected chi connectivity index (χ4v) is 6.62. The van der Waals surface area contributed by atoms with Crippen LogP contribution >= 0.6 is 0 Å². The molecule has 0 aliphatic carbocycles. The summed E-state index contributed by atoms with van der Waals surface area (Å²) in [4.78, 5) is 62.0. The fraction of sp³-hybridized carbons (Fsp3) is 0.488. The molecule has 1 fully saturated rings. The van der Waals surface area contributed by atoms with Crippen LogP contribution in [0.25, 0.3) is 0 Å². The number of hydrazine groups is 1. The van der Waals surface area contributed by atoms with Gasteiger partial charge in [-0.2, -0.15) is 0 Å². The Morgan fingerprint density at radius 2 is 1.65 bits per heavy atom. The van der Waals surface area contributed by atoms with Crippen molar-refractivity contribution in [3.8, 4) is 0 Å². The molecule has 4 rings (SSSR count). The van der Waals surface area contributed by atoms with Gasteiger partial charge in [-0.15, -0.1) is 0 Å². The average molecular weight is 762 g/mol. The molecule has 1 saturated heterocycles. The molecule has 1 aliphatic heterocycles. The number of nitrogens with one attached hydrogen (secondary N) is 3. The lowest BCUT2D eigenvalue weighted by atomic mass is 9.86. The van der Waals surface area contributed by atoms with Gasteiger partial charge in [-0.1, -0.05) is 89.6 Å². The molecule has 2 heterocycles. The largest absolute Gasteiger partial charge is 0.453 e. The summed E-state index contributed by atoms with van der Waals surface area (Å²) in [6.45, 7) is 12.2. The molecule has 2 aromatic carbocycles. The van der Waals surface area contributed by atoms with Crippen LogP contribution in [-0.2, 0) is 33.8 Å². The number of pyridine rings is 1. The van der Waals surface area contributed by atoms with E-state index in [0.29, 0.717) is 31.6 Å². The molecule has 13 nitrogen and oxygen atoms in total. The number of aromatic nitrogens is 1. The van der Waals surface area contributed by atoms with Gasteiger partial charge in [-0.25, -0.2) is 19.0 Å². The first-order valence-corrected chi connectivity index (χ1v) is 18.7. The van der Waals surface area contributed by atoms with Gasteiger partial charge in [0.15, 0.2) is 0 Å². The first kappa shape index (κ1) is 42.7. The van der Waals surface area contributed by atoms with Crippen molar-refractivity contribution in [1.29, 1.82) is 0 Å². The molecule has 298 valence electrons. The molecule has 0 saturated carbocycles. The number of carbonyl (C=O) groups is 4. The van der Waals surface area contributed by atoms with Crippen molar-refractivity contribution in [2.45, 2.75) is 91.7 Å². The number of halogens is 1. The maximum atomic E-state index is 14.4. The summed E-state index contributed by atoms with van der Waals surface area (Å²) < 4.78 is 18.6. The zero-order valence-corrected chi connectivity index (χ0v) is 32.9. The molecule has 5 amide bonds. The zero-order valence-electron chi connectivity index (χ0n) is 32.9. The number of hydrogen-bond acceptors (Lipinski definition) is 8. The number of methoxy groups -OCH3 is 1. The summed E-state index contributed by atoms with van der Waals surface area (Å²) in [6.07, 6.45) is -1.16. The molecule has 5 atom stereocenters. The van der Waals surface area contributed by atoms with Crippen LogP contribution in [0.4, 0.5) is 14.0 Å². The highest BCUT2D eigenvalue weighted by atomic mass is 19.1. The molecule has 0 radical (unpaired) electrons. The minimum atomic E-state index is -1.25. The lowest BCUT2D eigenvalue weighted by Gasteiger charge is -2.36. The Morgan fingerprint density at radius 1 is 0.964 bits per heavy atom. The Hall–Kier alpha value is -5.08. The van der Waals surface area contributed by atoms with Crippen LogP contribution in [0, 0.1) is 24.1 Å². The van der Waals surface area contributed by atoms with E-state index in [0.717, 1.165) is 17.0 Å². The van der Waals surface area contributed by atoms with Gasteiger partial charge in [0.05, 0.1) is 31.5 Å². The van der Waals surface area contributed by atoms with Gasteiger partial charge < -0.3 is 30.3 Å². The van der Waals surface area contributed by atoms with Crippen LogP contribution in [0.15, 0.2) is 72.8 Å². The minimum Gasteiger partial charge on any atom is -0.453 e. The van der Waals surface area contributed by atoms with Gasteiger partial charge in [0.1, 0.15) is 17.9 Å². The quantitative estimate of drug-likeness (QED) is 0.146. The summed E-state index contributed by atoms with van der Waals surface area (Å²) in [5.41, 5.74) is 5.22. The number of aryl methyl sites for hydroxylation is 1. The molecule has 3 aromatic rings. The Kier molecular flexibility index (Phi) is 15.1. The molecule has 1 aliphatic rings. The Balaban J connectivity index is 1.60. The van der Waals surface area contributed by atoms with Gasteiger partial charge in [-0.3, -0.25) is 20.0 Å². The maximum Gasteiger partial charge on any atom is 0.407 e. The van der Waals surface area contributed by atoms with Crippen molar-refractivity contribution in [3.05, 3.63) is 101 Å². The molecule has 0 bridgehead atoms. The summed E-state index contributed by atoms with van der Waals surface area (Å²) in [5, 5.41) is 19.1. The number of ether oxygens (including phenoxy) is 1. The molecular weight excluding hydrogens is 705 g/mol. The first-order chi connectivity index (χ1) is 26.1. The monoisotopic (exact) mass is 761 g/mol. The van der Waals surface area contributed by atoms with E-state index in [1.807, 2.05) is 69.3 Å². The highest BCUT2D eigenvalue weighted by Gasteiger charge is 2.41. The van der Waals surface area contributed by atoms with Gasteiger partial charge in [0.25, 0.3) is 5.91 Å². The third-order valence-corrected chi connectivity index (χ3v) is 9.84. The molecule has 5 unspecified atom stereocenters. The van der Waals surface area contributed by atoms with Crippen LogP contribution in [0.5, 0.6) is 0 Å². The normalized spacial score (nSPS) is 15.9. The van der Waals surface area contributed by atoms with E-state index in [1.54, 1.807) is 42.7 Å². The first-order valence-electron chi connectivity index (χ1n) is 18.7. The smallest absolute Gasteiger partial charge is 0.407 e. The highest BCUT2D eigenvalue weighted by Crippen LogP contribution is 2.24. The van der Waals surface area contributed by atoms with E-state index < -0.39 is 53.4 Å². The molecular formula is C41H56FN7O6. The molecule has 1 aromatic heterocycles. The van der Waals surface area contributed by atoms with E-state index in [9.17, 15) is 28.7 Å². The zero-order chi connectivity index (χ0) is 40.3. The average Bonchev–Trinajstić information content (AvgIpc) is 3.49. The van der Waals surface area contributed by atoms with Gasteiger partial charge in [0, 0.05) is 31.9 Å². The predicted molar refractivity (Wildman–Crippen MR) is 207 cm³/mol. The lowest BCUT2D eigenvalue weighted by molar-refractivity contribution is -0.132. The van der Waals surface area contributed by atoms with Crippen molar-refractivity contribution in [3.63, 3.8) is 0 Å². The van der Waals surface area contributed by atoms with Crippen molar-refractivity contribution < 1.29 is 33.4 Å².